The first-order valence-corrected chi connectivity index (χ1v) is 8.81. The Hall–Kier alpha value is -0.370. The van der Waals surface area contributed by atoms with E-state index >= 15 is 0 Å². The van der Waals surface area contributed by atoms with Crippen LogP contribution in [-0.2, 0) is 4.79 Å². The van der Waals surface area contributed by atoms with E-state index in [-0.39, 0.29) is 11.5 Å². The molecule has 0 saturated heterocycles. The molecular formula is C18H28O2. The Kier molecular flexibility index (Phi) is 3.03. The predicted molar refractivity (Wildman–Crippen MR) is 78.1 cm³/mol. The molecule has 0 aliphatic heterocycles. The highest BCUT2D eigenvalue weighted by Crippen LogP contribution is 2.61. The highest BCUT2D eigenvalue weighted by molar-refractivity contribution is 5.87. The van der Waals surface area contributed by atoms with Crippen LogP contribution in [0, 0.1) is 35.0 Å². The van der Waals surface area contributed by atoms with Gasteiger partial charge in [-0.15, -0.1) is 0 Å². The molecule has 112 valence electrons. The molecule has 20 heavy (non-hydrogen) atoms. The van der Waals surface area contributed by atoms with Crippen LogP contribution in [0.4, 0.5) is 0 Å². The van der Waals surface area contributed by atoms with Crippen molar-refractivity contribution in [3.8, 4) is 0 Å². The number of carbonyl (C=O) groups is 1. The van der Waals surface area contributed by atoms with E-state index in [4.69, 9.17) is 0 Å². The third-order valence-electron chi connectivity index (χ3n) is 7.64. The lowest BCUT2D eigenvalue weighted by molar-refractivity contribution is -0.133. The summed E-state index contributed by atoms with van der Waals surface area (Å²) in [5.74, 6) is 4.56. The number of Topliss-reactive ketones (excluding diaryl/α,β-unsaturated/α-hetero) is 1. The number of ketones is 1. The molecule has 4 rings (SSSR count). The van der Waals surface area contributed by atoms with Crippen molar-refractivity contribution in [2.45, 2.75) is 70.8 Å². The maximum absolute atomic E-state index is 12.3. The molecule has 0 aromatic rings. The lowest BCUT2D eigenvalue weighted by Gasteiger charge is -2.54. The van der Waals surface area contributed by atoms with Crippen LogP contribution in [0.5, 0.6) is 0 Å². The fourth-order valence-corrected chi connectivity index (χ4v) is 6.60. The topological polar surface area (TPSA) is 37.3 Å². The van der Waals surface area contributed by atoms with Crippen LogP contribution in [-0.4, -0.2) is 17.0 Å². The van der Waals surface area contributed by atoms with Crippen LogP contribution in [0.2, 0.25) is 0 Å². The molecule has 3 unspecified atom stereocenters. The minimum absolute atomic E-state index is 0.0299. The number of aliphatic hydroxyl groups is 1. The van der Waals surface area contributed by atoms with Crippen molar-refractivity contribution in [1.82, 2.24) is 0 Å². The van der Waals surface area contributed by atoms with Crippen LogP contribution >= 0.6 is 0 Å². The summed E-state index contributed by atoms with van der Waals surface area (Å²) in [4.78, 5) is 12.3. The quantitative estimate of drug-likeness (QED) is 0.734. The lowest BCUT2D eigenvalue weighted by atomic mass is 9.50. The highest BCUT2D eigenvalue weighted by Gasteiger charge is 2.56. The van der Waals surface area contributed by atoms with Crippen molar-refractivity contribution in [3.05, 3.63) is 0 Å². The van der Waals surface area contributed by atoms with Crippen molar-refractivity contribution in [1.29, 1.82) is 0 Å². The molecule has 4 aliphatic carbocycles. The number of aliphatic hydroxyl groups excluding tert-OH is 1. The van der Waals surface area contributed by atoms with Gasteiger partial charge in [0.2, 0.25) is 0 Å². The van der Waals surface area contributed by atoms with Gasteiger partial charge in [-0.25, -0.2) is 0 Å². The summed E-state index contributed by atoms with van der Waals surface area (Å²) in [6.07, 6.45) is 10.3. The summed E-state index contributed by atoms with van der Waals surface area (Å²) in [5, 5.41) is 9.93. The van der Waals surface area contributed by atoms with Crippen molar-refractivity contribution < 1.29 is 9.90 Å². The second-order valence-electron chi connectivity index (χ2n) is 8.32. The van der Waals surface area contributed by atoms with Gasteiger partial charge in [0.25, 0.3) is 0 Å². The summed E-state index contributed by atoms with van der Waals surface area (Å²) in [7, 11) is 0. The fraction of sp³-hybridized carbons (Fsp3) is 0.944. The third kappa shape index (κ3) is 1.76. The molecule has 0 spiro atoms. The normalized spacial score (nSPS) is 55.0. The molecule has 7 atom stereocenters. The van der Waals surface area contributed by atoms with Crippen molar-refractivity contribution >= 4 is 5.78 Å². The maximum atomic E-state index is 12.3. The van der Waals surface area contributed by atoms with Gasteiger partial charge in [0, 0.05) is 11.8 Å². The molecule has 0 aromatic carbocycles. The van der Waals surface area contributed by atoms with Gasteiger partial charge in [0.1, 0.15) is 5.78 Å². The third-order valence-corrected chi connectivity index (χ3v) is 7.64. The number of carbonyl (C=O) groups excluding carboxylic acids is 1. The molecule has 4 aliphatic rings. The molecule has 1 N–H and O–H groups in total. The minimum Gasteiger partial charge on any atom is -0.393 e. The summed E-state index contributed by atoms with van der Waals surface area (Å²) >= 11 is 0. The van der Waals surface area contributed by atoms with E-state index in [9.17, 15) is 9.90 Å². The van der Waals surface area contributed by atoms with Gasteiger partial charge >= 0.3 is 0 Å². The second-order valence-corrected chi connectivity index (χ2v) is 8.32. The van der Waals surface area contributed by atoms with Gasteiger partial charge in [-0.3, -0.25) is 4.79 Å². The summed E-state index contributed by atoms with van der Waals surface area (Å²) < 4.78 is 0. The van der Waals surface area contributed by atoms with Crippen LogP contribution in [0.25, 0.3) is 0 Å². The molecule has 0 bridgehead atoms. The Bertz CT molecular complexity index is 418. The maximum Gasteiger partial charge on any atom is 0.139 e. The summed E-state index contributed by atoms with van der Waals surface area (Å²) in [6.45, 7) is 2.26. The predicted octanol–water partition coefficient (Wildman–Crippen LogP) is 3.57. The molecule has 4 fully saturated rings. The average molecular weight is 276 g/mol. The molecular weight excluding hydrogens is 248 g/mol. The van der Waals surface area contributed by atoms with Crippen LogP contribution in [0.15, 0.2) is 0 Å². The molecule has 2 nitrogen and oxygen atoms in total. The van der Waals surface area contributed by atoms with E-state index in [0.717, 1.165) is 55.8 Å². The monoisotopic (exact) mass is 276 g/mol. The van der Waals surface area contributed by atoms with Gasteiger partial charge in [0.05, 0.1) is 6.10 Å². The Morgan fingerprint density at radius 2 is 1.80 bits per heavy atom. The van der Waals surface area contributed by atoms with E-state index in [0.29, 0.717) is 11.7 Å². The Labute approximate surface area is 122 Å². The molecule has 0 radical (unpaired) electrons. The molecule has 0 aromatic heterocycles. The SMILES string of the molecule is C[C@]12CC[C@@H]3C4CCC(O)CC4CC[C@H]3[C@@H]1CCC2=O. The van der Waals surface area contributed by atoms with Crippen molar-refractivity contribution in [2.24, 2.45) is 35.0 Å². The standard InChI is InChI=1S/C18H28O2/c1-18-9-8-14-13-5-3-12(19)10-11(13)2-4-15(14)16(18)6-7-17(18)20/h11-16,19H,2-10H2,1H3/t11?,12?,13?,14-,15-,16+,18+/m1/s1. The first-order chi connectivity index (χ1) is 9.59. The molecule has 4 saturated carbocycles. The van der Waals surface area contributed by atoms with E-state index in [2.05, 4.69) is 6.92 Å². The highest BCUT2D eigenvalue weighted by atomic mass is 16.3. The molecule has 0 heterocycles. The van der Waals surface area contributed by atoms with Crippen LogP contribution in [0.1, 0.15) is 64.7 Å². The van der Waals surface area contributed by atoms with Crippen molar-refractivity contribution in [3.63, 3.8) is 0 Å². The number of rotatable bonds is 0. The zero-order chi connectivity index (χ0) is 13.9. The zero-order valence-corrected chi connectivity index (χ0v) is 12.7. The minimum atomic E-state index is -0.0327. The summed E-state index contributed by atoms with van der Waals surface area (Å²) in [6, 6.07) is 0. The smallest absolute Gasteiger partial charge is 0.139 e. The fourth-order valence-electron chi connectivity index (χ4n) is 6.60. The van der Waals surface area contributed by atoms with E-state index in [1.165, 1.54) is 25.7 Å². The largest absolute Gasteiger partial charge is 0.393 e. The lowest BCUT2D eigenvalue weighted by Crippen LogP contribution is -2.49. The van der Waals surface area contributed by atoms with Gasteiger partial charge < -0.3 is 5.11 Å². The van der Waals surface area contributed by atoms with Crippen LogP contribution < -0.4 is 0 Å². The van der Waals surface area contributed by atoms with Gasteiger partial charge in [-0.1, -0.05) is 6.92 Å². The number of hydrogen-bond donors (Lipinski definition) is 1. The van der Waals surface area contributed by atoms with Crippen molar-refractivity contribution in [2.75, 3.05) is 0 Å². The molecule has 2 heteroatoms. The molecule has 0 amide bonds. The van der Waals surface area contributed by atoms with Crippen LogP contribution in [0.3, 0.4) is 0 Å². The van der Waals surface area contributed by atoms with Gasteiger partial charge in [0.15, 0.2) is 0 Å². The Balaban J connectivity index is 1.58. The number of hydrogen-bond acceptors (Lipinski definition) is 2. The average Bonchev–Trinajstić information content (AvgIpc) is 2.74. The Morgan fingerprint density at radius 1 is 1.00 bits per heavy atom. The number of fused-ring (bicyclic) bond motifs is 5. The van der Waals surface area contributed by atoms with Gasteiger partial charge in [-0.2, -0.15) is 0 Å². The first-order valence-electron chi connectivity index (χ1n) is 8.81. The second kappa shape index (κ2) is 4.56. The van der Waals surface area contributed by atoms with E-state index in [1.54, 1.807) is 0 Å². The van der Waals surface area contributed by atoms with Gasteiger partial charge in [-0.05, 0) is 81.0 Å². The summed E-state index contributed by atoms with van der Waals surface area (Å²) in [5.41, 5.74) is 0.0299. The zero-order valence-electron chi connectivity index (χ0n) is 12.7. The van der Waals surface area contributed by atoms with E-state index in [1.807, 2.05) is 0 Å². The first kappa shape index (κ1) is 13.3. The van der Waals surface area contributed by atoms with E-state index < -0.39 is 0 Å². The Morgan fingerprint density at radius 3 is 2.65 bits per heavy atom.